The fraction of sp³-hybridized carbons (Fsp3) is 0.615. The summed E-state index contributed by atoms with van der Waals surface area (Å²) in [6, 6.07) is 0. The third-order valence-electron chi connectivity index (χ3n) is 3.89. The number of carbonyl (C=O) groups excluding carboxylic acids is 1. The quantitative estimate of drug-likeness (QED) is 0.883. The van der Waals surface area contributed by atoms with Crippen LogP contribution in [0.25, 0.3) is 0 Å². The van der Waals surface area contributed by atoms with Crippen LogP contribution >= 0.6 is 11.5 Å². The summed E-state index contributed by atoms with van der Waals surface area (Å²) in [5.74, 6) is -1.08. The van der Waals surface area contributed by atoms with E-state index in [1.165, 1.54) is 4.90 Å². The zero-order chi connectivity index (χ0) is 14.9. The van der Waals surface area contributed by atoms with Crippen molar-refractivity contribution in [3.05, 3.63) is 11.3 Å². The van der Waals surface area contributed by atoms with Gasteiger partial charge in [0.2, 0.25) is 5.91 Å². The number of amides is 1. The van der Waals surface area contributed by atoms with Crippen LogP contribution in [0.1, 0.15) is 35.8 Å². The Hall–Kier alpha value is -1.47. The predicted molar refractivity (Wildman–Crippen MR) is 77.4 cm³/mol. The van der Waals surface area contributed by atoms with Crippen LogP contribution in [0, 0.1) is 12.3 Å². The molecule has 2 heterocycles. The molecule has 7 heteroatoms. The lowest BCUT2D eigenvalue weighted by Gasteiger charge is -2.35. The van der Waals surface area contributed by atoms with Gasteiger partial charge in [0.25, 0.3) is 0 Å². The Labute approximate surface area is 122 Å². The summed E-state index contributed by atoms with van der Waals surface area (Å²) in [7, 11) is 1.63. The minimum Gasteiger partial charge on any atom is -0.478 e. The molecule has 1 aliphatic heterocycles. The first-order valence-electron chi connectivity index (χ1n) is 6.55. The van der Waals surface area contributed by atoms with Crippen LogP contribution < -0.4 is 10.2 Å². The van der Waals surface area contributed by atoms with E-state index in [0.717, 1.165) is 37.5 Å². The van der Waals surface area contributed by atoms with Crippen molar-refractivity contribution in [2.24, 2.45) is 5.41 Å². The number of carboxylic acids is 1. The van der Waals surface area contributed by atoms with Crippen LogP contribution in [0.3, 0.4) is 0 Å². The maximum Gasteiger partial charge on any atom is 0.340 e. The van der Waals surface area contributed by atoms with E-state index in [-0.39, 0.29) is 11.5 Å². The standard InChI is InChI=1S/C13H19N3O3S/c1-8-9(11(17)18)10(20-15-8)16(3)12(19)13(2)4-6-14-7-5-13/h14H,4-7H2,1-3H3,(H,17,18). The SMILES string of the molecule is Cc1nsc(N(C)C(=O)C2(C)CCNCC2)c1C(=O)O. The number of nitrogens with one attached hydrogen (secondary N) is 1. The van der Waals surface area contributed by atoms with Crippen LogP contribution in [-0.2, 0) is 4.79 Å². The maximum absolute atomic E-state index is 12.7. The second kappa shape index (κ2) is 5.49. The highest BCUT2D eigenvalue weighted by Gasteiger charge is 2.38. The lowest BCUT2D eigenvalue weighted by molar-refractivity contribution is -0.128. The molecule has 0 radical (unpaired) electrons. The molecule has 0 atom stereocenters. The number of nitrogens with zero attached hydrogens (tertiary/aromatic N) is 2. The Morgan fingerprint density at radius 3 is 2.55 bits per heavy atom. The number of carbonyl (C=O) groups is 2. The van der Waals surface area contributed by atoms with Gasteiger partial charge >= 0.3 is 5.97 Å². The first-order chi connectivity index (χ1) is 9.37. The second-order valence-corrected chi connectivity index (χ2v) is 6.18. The van der Waals surface area contributed by atoms with E-state index < -0.39 is 11.4 Å². The van der Waals surface area contributed by atoms with Gasteiger partial charge in [0, 0.05) is 12.5 Å². The average Bonchev–Trinajstić information content (AvgIpc) is 2.80. The Morgan fingerprint density at radius 1 is 1.40 bits per heavy atom. The molecular weight excluding hydrogens is 278 g/mol. The Bertz CT molecular complexity index is 535. The van der Waals surface area contributed by atoms with Crippen molar-refractivity contribution in [2.45, 2.75) is 26.7 Å². The third kappa shape index (κ3) is 2.55. The van der Waals surface area contributed by atoms with Crippen molar-refractivity contribution in [2.75, 3.05) is 25.0 Å². The van der Waals surface area contributed by atoms with Gasteiger partial charge in [-0.15, -0.1) is 0 Å². The molecule has 1 saturated heterocycles. The molecule has 0 saturated carbocycles. The molecule has 0 aliphatic carbocycles. The van der Waals surface area contributed by atoms with E-state index in [0.29, 0.717) is 10.7 Å². The number of aromatic carboxylic acids is 1. The highest BCUT2D eigenvalue weighted by molar-refractivity contribution is 7.11. The van der Waals surface area contributed by atoms with Gasteiger partial charge in [-0.1, -0.05) is 6.92 Å². The van der Waals surface area contributed by atoms with Crippen LogP contribution in [0.4, 0.5) is 5.00 Å². The van der Waals surface area contributed by atoms with Crippen LogP contribution in [0.5, 0.6) is 0 Å². The van der Waals surface area contributed by atoms with Crippen molar-refractivity contribution < 1.29 is 14.7 Å². The minimum atomic E-state index is -1.04. The molecule has 1 aromatic heterocycles. The first-order valence-corrected chi connectivity index (χ1v) is 7.32. The molecule has 20 heavy (non-hydrogen) atoms. The number of carboxylic acid groups (broad SMARTS) is 1. The molecule has 2 N–H and O–H groups in total. The van der Waals surface area contributed by atoms with Crippen molar-refractivity contribution in [3.63, 3.8) is 0 Å². The van der Waals surface area contributed by atoms with Crippen LogP contribution in [0.15, 0.2) is 0 Å². The fourth-order valence-corrected chi connectivity index (χ4v) is 3.37. The number of aromatic nitrogens is 1. The summed E-state index contributed by atoms with van der Waals surface area (Å²) in [5.41, 5.74) is 0.143. The largest absolute Gasteiger partial charge is 0.478 e. The molecule has 1 aromatic rings. The molecule has 0 spiro atoms. The van der Waals surface area contributed by atoms with Gasteiger partial charge in [0.1, 0.15) is 10.6 Å². The highest BCUT2D eigenvalue weighted by atomic mass is 32.1. The van der Waals surface area contributed by atoms with Gasteiger partial charge in [-0.2, -0.15) is 4.37 Å². The minimum absolute atomic E-state index is 0.0369. The zero-order valence-electron chi connectivity index (χ0n) is 11.9. The number of piperidine rings is 1. The van der Waals surface area contributed by atoms with Crippen molar-refractivity contribution >= 4 is 28.4 Å². The van der Waals surface area contributed by atoms with E-state index in [1.807, 2.05) is 6.92 Å². The summed E-state index contributed by atoms with van der Waals surface area (Å²) in [6.45, 7) is 5.21. The van der Waals surface area contributed by atoms with Gasteiger partial charge in [-0.05, 0) is 44.4 Å². The lowest BCUT2D eigenvalue weighted by Crippen LogP contribution is -2.46. The maximum atomic E-state index is 12.7. The zero-order valence-corrected chi connectivity index (χ0v) is 12.7. The molecule has 0 bridgehead atoms. The average molecular weight is 297 g/mol. The summed E-state index contributed by atoms with van der Waals surface area (Å²) < 4.78 is 4.06. The fourth-order valence-electron chi connectivity index (χ4n) is 2.52. The Kier molecular flexibility index (Phi) is 4.10. The number of hydrogen-bond acceptors (Lipinski definition) is 5. The smallest absolute Gasteiger partial charge is 0.340 e. The molecule has 0 aromatic carbocycles. The lowest BCUT2D eigenvalue weighted by atomic mass is 9.80. The number of aryl methyl sites for hydroxylation is 1. The summed E-state index contributed by atoms with van der Waals surface area (Å²) in [5, 5.41) is 12.9. The monoisotopic (exact) mass is 297 g/mol. The van der Waals surface area contributed by atoms with Crippen molar-refractivity contribution in [3.8, 4) is 0 Å². The molecule has 2 rings (SSSR count). The van der Waals surface area contributed by atoms with Gasteiger partial charge in [0.15, 0.2) is 0 Å². The van der Waals surface area contributed by atoms with Crippen LogP contribution in [-0.4, -0.2) is 41.5 Å². The van der Waals surface area contributed by atoms with E-state index in [1.54, 1.807) is 14.0 Å². The van der Waals surface area contributed by atoms with E-state index >= 15 is 0 Å². The van der Waals surface area contributed by atoms with Crippen LogP contribution in [0.2, 0.25) is 0 Å². The van der Waals surface area contributed by atoms with Crippen molar-refractivity contribution in [1.82, 2.24) is 9.69 Å². The summed E-state index contributed by atoms with van der Waals surface area (Å²) in [6.07, 6.45) is 1.52. The van der Waals surface area contributed by atoms with E-state index in [4.69, 9.17) is 0 Å². The Morgan fingerprint density at radius 2 is 2.00 bits per heavy atom. The van der Waals surface area contributed by atoms with Gasteiger partial charge in [-0.25, -0.2) is 4.79 Å². The number of anilines is 1. The number of hydrogen-bond donors (Lipinski definition) is 2. The normalized spacial score (nSPS) is 17.8. The van der Waals surface area contributed by atoms with E-state index in [9.17, 15) is 14.7 Å². The molecule has 0 unspecified atom stereocenters. The van der Waals surface area contributed by atoms with Gasteiger partial charge in [0.05, 0.1) is 5.69 Å². The van der Waals surface area contributed by atoms with E-state index in [2.05, 4.69) is 9.69 Å². The molecule has 110 valence electrons. The summed E-state index contributed by atoms with van der Waals surface area (Å²) in [4.78, 5) is 25.5. The predicted octanol–water partition coefficient (Wildman–Crippen LogP) is 1.50. The molecule has 1 amide bonds. The Balaban J connectivity index is 2.29. The third-order valence-corrected chi connectivity index (χ3v) is 4.91. The molecule has 6 nitrogen and oxygen atoms in total. The molecular formula is C13H19N3O3S. The van der Waals surface area contributed by atoms with Crippen molar-refractivity contribution in [1.29, 1.82) is 0 Å². The first kappa shape index (κ1) is 14.9. The highest BCUT2D eigenvalue weighted by Crippen LogP contribution is 2.35. The molecule has 1 fully saturated rings. The molecule has 1 aliphatic rings. The second-order valence-electron chi connectivity index (χ2n) is 5.43. The number of rotatable bonds is 3. The summed E-state index contributed by atoms with van der Waals surface area (Å²) >= 11 is 1.06. The van der Waals surface area contributed by atoms with Gasteiger partial charge < -0.3 is 15.3 Å². The van der Waals surface area contributed by atoms with Gasteiger partial charge in [-0.3, -0.25) is 4.79 Å². The topological polar surface area (TPSA) is 82.5 Å².